The Morgan fingerprint density at radius 2 is 1.79 bits per heavy atom. The summed E-state index contributed by atoms with van der Waals surface area (Å²) in [6.07, 6.45) is -3.01. The Bertz CT molecular complexity index is 1310. The highest BCUT2D eigenvalue weighted by Crippen LogP contribution is 2.45. The molecule has 208 valence electrons. The van der Waals surface area contributed by atoms with E-state index in [2.05, 4.69) is 0 Å². The molecule has 0 aromatic heterocycles. The minimum atomic E-state index is -3.73. The minimum Gasteiger partial charge on any atom is -0.481 e. The molecule has 0 radical (unpaired) electrons. The molecule has 1 amide bonds. The highest BCUT2D eigenvalue weighted by Gasteiger charge is 2.49. The van der Waals surface area contributed by atoms with Crippen molar-refractivity contribution in [2.45, 2.75) is 70.1 Å². The Morgan fingerprint density at radius 3 is 2.32 bits per heavy atom. The predicted octanol–water partition coefficient (Wildman–Crippen LogP) is 5.85. The fourth-order valence-electron chi connectivity index (χ4n) is 4.47. The summed E-state index contributed by atoms with van der Waals surface area (Å²) in [6, 6.07) is 8.85. The van der Waals surface area contributed by atoms with Crippen molar-refractivity contribution < 1.29 is 32.2 Å². The molecular weight excluding hydrogens is 556 g/mol. The second kappa shape index (κ2) is 11.5. The van der Waals surface area contributed by atoms with Crippen molar-refractivity contribution >= 4 is 44.9 Å². The number of carboxylic acid groups (broad SMARTS) is 1. The fourth-order valence-corrected chi connectivity index (χ4v) is 6.28. The van der Waals surface area contributed by atoms with Crippen LogP contribution < -0.4 is 0 Å². The molecule has 1 N–H and O–H groups in total. The van der Waals surface area contributed by atoms with Crippen LogP contribution in [0.2, 0.25) is 10.0 Å². The molecule has 11 heteroatoms. The molecule has 0 aliphatic carbocycles. The van der Waals surface area contributed by atoms with Crippen LogP contribution in [0.1, 0.15) is 64.3 Å². The van der Waals surface area contributed by atoms with Crippen LogP contribution in [-0.2, 0) is 24.2 Å². The van der Waals surface area contributed by atoms with Gasteiger partial charge in [-0.1, -0.05) is 55.2 Å². The van der Waals surface area contributed by atoms with Gasteiger partial charge in [-0.05, 0) is 62.1 Å². The van der Waals surface area contributed by atoms with Gasteiger partial charge >= 0.3 is 5.97 Å². The third-order valence-corrected chi connectivity index (χ3v) is 9.89. The van der Waals surface area contributed by atoms with E-state index in [-0.39, 0.29) is 16.7 Å². The first-order valence-corrected chi connectivity index (χ1v) is 14.6. The van der Waals surface area contributed by atoms with Gasteiger partial charge in [0.1, 0.15) is 18.0 Å². The number of sulfone groups is 1. The second-order valence-corrected chi connectivity index (χ2v) is 14.4. The number of carboxylic acids is 1. The van der Waals surface area contributed by atoms with Gasteiger partial charge < -0.3 is 14.7 Å². The summed E-state index contributed by atoms with van der Waals surface area (Å²) in [7, 11) is -3.73. The van der Waals surface area contributed by atoms with Gasteiger partial charge in [0.15, 0.2) is 9.84 Å². The van der Waals surface area contributed by atoms with Crippen LogP contribution in [0.25, 0.3) is 0 Å². The van der Waals surface area contributed by atoms with E-state index < -0.39 is 63.0 Å². The summed E-state index contributed by atoms with van der Waals surface area (Å²) in [4.78, 5) is 27.0. The van der Waals surface area contributed by atoms with E-state index in [1.807, 2.05) is 0 Å². The van der Waals surface area contributed by atoms with Gasteiger partial charge in [0.05, 0.1) is 28.0 Å². The number of carbonyl (C=O) groups is 2. The van der Waals surface area contributed by atoms with E-state index in [4.69, 9.17) is 27.9 Å². The van der Waals surface area contributed by atoms with E-state index in [1.165, 1.54) is 17.0 Å². The minimum absolute atomic E-state index is 0.123. The van der Waals surface area contributed by atoms with E-state index >= 15 is 0 Å². The summed E-state index contributed by atoms with van der Waals surface area (Å²) in [6.45, 7) is 8.30. The third-order valence-electron chi connectivity index (χ3n) is 6.70. The Morgan fingerprint density at radius 1 is 1.13 bits per heavy atom. The van der Waals surface area contributed by atoms with E-state index in [0.717, 1.165) is 0 Å². The zero-order chi connectivity index (χ0) is 28.6. The van der Waals surface area contributed by atoms with Crippen LogP contribution in [-0.4, -0.2) is 52.9 Å². The van der Waals surface area contributed by atoms with Crippen LogP contribution in [0.15, 0.2) is 42.5 Å². The summed E-state index contributed by atoms with van der Waals surface area (Å²) >= 11 is 12.2. The van der Waals surface area contributed by atoms with E-state index in [0.29, 0.717) is 16.1 Å². The molecule has 38 heavy (non-hydrogen) atoms. The van der Waals surface area contributed by atoms with Crippen molar-refractivity contribution in [2.24, 2.45) is 5.92 Å². The highest BCUT2D eigenvalue weighted by molar-refractivity contribution is 7.92. The average molecular weight is 589 g/mol. The molecule has 2 aromatic carbocycles. The maximum Gasteiger partial charge on any atom is 0.306 e. The highest BCUT2D eigenvalue weighted by atomic mass is 35.5. The molecule has 3 rings (SSSR count). The van der Waals surface area contributed by atoms with E-state index in [1.54, 1.807) is 65.0 Å². The van der Waals surface area contributed by atoms with Crippen molar-refractivity contribution in [2.75, 3.05) is 5.75 Å². The molecule has 0 saturated carbocycles. The first-order chi connectivity index (χ1) is 17.5. The molecule has 1 aliphatic rings. The van der Waals surface area contributed by atoms with Gasteiger partial charge in [0.2, 0.25) is 0 Å². The predicted molar refractivity (Wildman–Crippen MR) is 144 cm³/mol. The number of amides is 1. The third kappa shape index (κ3) is 6.50. The lowest BCUT2D eigenvalue weighted by Crippen LogP contribution is -2.58. The largest absolute Gasteiger partial charge is 0.481 e. The summed E-state index contributed by atoms with van der Waals surface area (Å²) in [5.74, 6) is -3.41. The van der Waals surface area contributed by atoms with Crippen molar-refractivity contribution in [3.63, 3.8) is 0 Å². The number of nitrogens with zero attached hydrogens (tertiary/aromatic N) is 1. The molecule has 1 saturated heterocycles. The maximum absolute atomic E-state index is 14.7. The zero-order valence-electron chi connectivity index (χ0n) is 21.8. The van der Waals surface area contributed by atoms with Crippen molar-refractivity contribution in [1.82, 2.24) is 4.90 Å². The standard InChI is InChI=1S/C27H32Cl2FNO6S/c1-15(2)21(14-38(35,36)27(3,4)5)31-24(16-9-10-19(29)20(30)12-16)25(17-7-6-8-18(28)11-17)37-22(26(31)34)13-23(32)33/h6-12,15,21-22,24-25H,13-14H2,1-5H3,(H,32,33)/t21-,22-,24-,25-/m1/s1. The molecule has 0 spiro atoms. The Hall–Kier alpha value is -2.20. The Balaban J connectivity index is 2.29. The topological polar surface area (TPSA) is 101 Å². The molecule has 4 atom stereocenters. The normalized spacial score (nSPS) is 21.6. The molecule has 0 bridgehead atoms. The molecule has 7 nitrogen and oxygen atoms in total. The van der Waals surface area contributed by atoms with Gasteiger partial charge in [-0.3, -0.25) is 9.59 Å². The van der Waals surface area contributed by atoms with Crippen molar-refractivity contribution in [3.8, 4) is 0 Å². The average Bonchev–Trinajstić information content (AvgIpc) is 2.79. The SMILES string of the molecule is CC(C)[C@@H](CS(=O)(=O)C(C)(C)C)N1C(=O)[C@@H](CC(=O)O)O[C@H](c2cccc(Cl)c2)[C@H]1c1ccc(Cl)c(F)c1. The number of benzene rings is 2. The quantitative estimate of drug-likeness (QED) is 0.415. The smallest absolute Gasteiger partial charge is 0.306 e. The maximum atomic E-state index is 14.7. The lowest BCUT2D eigenvalue weighted by molar-refractivity contribution is -0.184. The van der Waals surface area contributed by atoms with Gasteiger partial charge in [-0.15, -0.1) is 0 Å². The van der Waals surface area contributed by atoms with Crippen LogP contribution in [0.4, 0.5) is 4.39 Å². The monoisotopic (exact) mass is 587 g/mol. The first-order valence-electron chi connectivity index (χ1n) is 12.2. The summed E-state index contributed by atoms with van der Waals surface area (Å²) in [5, 5.41) is 9.78. The lowest BCUT2D eigenvalue weighted by Gasteiger charge is -2.49. The lowest BCUT2D eigenvalue weighted by atomic mass is 9.88. The molecule has 2 aromatic rings. The van der Waals surface area contributed by atoms with Gasteiger partial charge in [0.25, 0.3) is 5.91 Å². The van der Waals surface area contributed by atoms with Gasteiger partial charge in [-0.25, -0.2) is 12.8 Å². The molecule has 0 unspecified atom stereocenters. The van der Waals surface area contributed by atoms with Crippen molar-refractivity contribution in [3.05, 3.63) is 69.5 Å². The van der Waals surface area contributed by atoms with Crippen LogP contribution >= 0.6 is 23.2 Å². The molecule has 1 aliphatic heterocycles. The Kier molecular flexibility index (Phi) is 9.18. The number of aliphatic carboxylic acids is 1. The van der Waals surface area contributed by atoms with Gasteiger partial charge in [-0.2, -0.15) is 0 Å². The number of morpholine rings is 1. The van der Waals surface area contributed by atoms with Crippen LogP contribution in [0.3, 0.4) is 0 Å². The zero-order valence-corrected chi connectivity index (χ0v) is 24.1. The van der Waals surface area contributed by atoms with Crippen LogP contribution in [0.5, 0.6) is 0 Å². The number of halogens is 3. The van der Waals surface area contributed by atoms with Crippen LogP contribution in [0, 0.1) is 11.7 Å². The number of hydrogen-bond acceptors (Lipinski definition) is 5. The second-order valence-electron chi connectivity index (χ2n) is 10.8. The van der Waals surface area contributed by atoms with E-state index in [9.17, 15) is 27.5 Å². The summed E-state index contributed by atoms with van der Waals surface area (Å²) in [5.41, 5.74) is 0.838. The number of rotatable bonds is 8. The molecule has 1 heterocycles. The first kappa shape index (κ1) is 30.3. The summed E-state index contributed by atoms with van der Waals surface area (Å²) < 4.78 is 46.4. The number of ether oxygens (including phenoxy) is 1. The Labute approximate surface area is 232 Å². The number of carbonyl (C=O) groups excluding carboxylic acids is 1. The molecular formula is C27H32Cl2FNO6S. The van der Waals surface area contributed by atoms with Crippen molar-refractivity contribution in [1.29, 1.82) is 0 Å². The molecule has 1 fully saturated rings. The van der Waals surface area contributed by atoms with Gasteiger partial charge in [0, 0.05) is 11.1 Å². The fraction of sp³-hybridized carbons (Fsp3) is 0.481. The number of hydrogen-bond donors (Lipinski definition) is 1.